The first-order valence-electron chi connectivity index (χ1n) is 25.6. The van der Waals surface area contributed by atoms with E-state index in [1.54, 1.807) is 0 Å². The van der Waals surface area contributed by atoms with Gasteiger partial charge in [0.25, 0.3) is 0 Å². The monoisotopic (exact) mass is 919 g/mol. The molecule has 0 aliphatic heterocycles. The molecule has 0 unspecified atom stereocenters. The van der Waals surface area contributed by atoms with Gasteiger partial charge in [-0.15, -0.1) is 0 Å². The van der Waals surface area contributed by atoms with E-state index in [0.29, 0.717) is 0 Å². The molecule has 348 valence electrons. The molecule has 0 fully saturated rings. The van der Waals surface area contributed by atoms with Crippen molar-refractivity contribution in [2.75, 3.05) is 4.90 Å². The van der Waals surface area contributed by atoms with E-state index in [-0.39, 0.29) is 21.7 Å². The number of hydrogen-bond donors (Lipinski definition) is 0. The first-order chi connectivity index (χ1) is 34.0. The molecule has 3 aliphatic carbocycles. The van der Waals surface area contributed by atoms with Crippen LogP contribution in [0.5, 0.6) is 0 Å². The first kappa shape index (κ1) is 43.6. The van der Waals surface area contributed by atoms with Crippen LogP contribution in [0.1, 0.15) is 125 Å². The summed E-state index contributed by atoms with van der Waals surface area (Å²) in [6.45, 7) is 23.4. The number of fused-ring (bicyclic) bond motifs is 13. The molecule has 1 heterocycles. The molecule has 0 N–H and O–H groups in total. The number of furan rings is 1. The first-order valence-corrected chi connectivity index (χ1v) is 25.6. The molecular formula is C69H61NO. The van der Waals surface area contributed by atoms with Crippen molar-refractivity contribution >= 4 is 39.0 Å². The molecule has 0 amide bonds. The standard InChI is InChI=1S/C69H61NO/c1-65(2,3)44-38-53-63-61(71-64(53)60(39-44)66(4,5)6)37-36-58-62(63)52-40-46(33-35-55(52)67(58,7)8)70(47-32-34-51-48-22-14-17-25-54(48)68(9,10)59(51)41-47)45-30-28-43(29-31-45)69(42-20-12-11-13-21-42)56-26-18-15-23-49(56)50-24-16-19-27-57(50)69/h11-41H,1-10H3. The van der Waals surface area contributed by atoms with E-state index < -0.39 is 5.41 Å². The van der Waals surface area contributed by atoms with Crippen molar-refractivity contribution in [2.24, 2.45) is 0 Å². The van der Waals surface area contributed by atoms with Crippen LogP contribution >= 0.6 is 0 Å². The highest BCUT2D eigenvalue weighted by atomic mass is 16.3. The van der Waals surface area contributed by atoms with Crippen molar-refractivity contribution in [2.45, 2.75) is 96.3 Å². The van der Waals surface area contributed by atoms with Crippen molar-refractivity contribution in [3.8, 4) is 33.4 Å². The number of anilines is 3. The second-order valence-electron chi connectivity index (χ2n) is 23.7. The molecule has 0 spiro atoms. The summed E-state index contributed by atoms with van der Waals surface area (Å²) < 4.78 is 7.02. The molecule has 9 aromatic carbocycles. The zero-order valence-electron chi connectivity index (χ0n) is 42.8. The van der Waals surface area contributed by atoms with Crippen molar-refractivity contribution in [1.82, 2.24) is 0 Å². The van der Waals surface area contributed by atoms with Crippen LogP contribution < -0.4 is 4.90 Å². The van der Waals surface area contributed by atoms with E-state index in [0.717, 1.165) is 28.2 Å². The highest BCUT2D eigenvalue weighted by Gasteiger charge is 2.46. The third-order valence-electron chi connectivity index (χ3n) is 16.8. The Kier molecular flexibility index (Phi) is 9.09. The third kappa shape index (κ3) is 6.07. The largest absolute Gasteiger partial charge is 0.456 e. The minimum atomic E-state index is -0.484. The van der Waals surface area contributed by atoms with Gasteiger partial charge in [0, 0.05) is 44.2 Å². The van der Waals surface area contributed by atoms with Crippen LogP contribution in [-0.2, 0) is 27.1 Å². The third-order valence-corrected chi connectivity index (χ3v) is 16.8. The van der Waals surface area contributed by atoms with Crippen LogP contribution in [0.3, 0.4) is 0 Å². The molecule has 2 nitrogen and oxygen atoms in total. The maximum Gasteiger partial charge on any atom is 0.139 e. The zero-order valence-corrected chi connectivity index (χ0v) is 42.8. The van der Waals surface area contributed by atoms with Gasteiger partial charge in [-0.2, -0.15) is 0 Å². The molecule has 10 aromatic rings. The van der Waals surface area contributed by atoms with Gasteiger partial charge in [0.05, 0.1) is 5.41 Å². The Bertz CT molecular complexity index is 3780. The maximum absolute atomic E-state index is 7.02. The lowest BCUT2D eigenvalue weighted by molar-refractivity contribution is 0.559. The SMILES string of the molecule is CC(C)(C)c1cc(C(C)(C)C)c2oc3ccc4c(c3c2c1)-c1cc(N(c2ccc(C3(c5ccccc5)c5ccccc5-c5ccccc53)cc2)c2ccc3c(c2)C(C)(C)c2ccccc2-3)ccc1C4(C)C. The van der Waals surface area contributed by atoms with Crippen LogP contribution in [0, 0.1) is 0 Å². The average molecular weight is 920 g/mol. The average Bonchev–Trinajstić information content (AvgIpc) is 4.03. The molecule has 0 saturated heterocycles. The van der Waals surface area contributed by atoms with E-state index in [1.165, 1.54) is 99.8 Å². The van der Waals surface area contributed by atoms with Crippen LogP contribution in [0.4, 0.5) is 17.1 Å². The van der Waals surface area contributed by atoms with E-state index in [9.17, 15) is 0 Å². The predicted octanol–water partition coefficient (Wildman–Crippen LogP) is 18.6. The maximum atomic E-state index is 7.02. The highest BCUT2D eigenvalue weighted by Crippen LogP contribution is 2.59. The summed E-state index contributed by atoms with van der Waals surface area (Å²) in [5.41, 5.74) is 25.3. The summed E-state index contributed by atoms with van der Waals surface area (Å²) in [6.07, 6.45) is 0. The molecule has 0 radical (unpaired) electrons. The number of rotatable bonds is 5. The Morgan fingerprint density at radius 1 is 0.394 bits per heavy atom. The highest BCUT2D eigenvalue weighted by molar-refractivity contribution is 6.16. The lowest BCUT2D eigenvalue weighted by Crippen LogP contribution is -2.28. The van der Waals surface area contributed by atoms with Gasteiger partial charge in [0.15, 0.2) is 0 Å². The van der Waals surface area contributed by atoms with Gasteiger partial charge in [-0.25, -0.2) is 0 Å². The number of nitrogens with zero attached hydrogens (tertiary/aromatic N) is 1. The van der Waals surface area contributed by atoms with Crippen LogP contribution in [-0.4, -0.2) is 0 Å². The zero-order chi connectivity index (χ0) is 49.0. The molecule has 0 saturated carbocycles. The topological polar surface area (TPSA) is 16.4 Å². The molecular weight excluding hydrogens is 859 g/mol. The van der Waals surface area contributed by atoms with E-state index in [4.69, 9.17) is 4.42 Å². The predicted molar refractivity (Wildman–Crippen MR) is 298 cm³/mol. The Hall–Kier alpha value is -7.42. The van der Waals surface area contributed by atoms with Crippen molar-refractivity contribution in [1.29, 1.82) is 0 Å². The lowest BCUT2D eigenvalue weighted by Gasteiger charge is -2.34. The molecule has 2 heteroatoms. The summed E-state index contributed by atoms with van der Waals surface area (Å²) in [4.78, 5) is 2.50. The van der Waals surface area contributed by atoms with Crippen LogP contribution in [0.15, 0.2) is 192 Å². The summed E-state index contributed by atoms with van der Waals surface area (Å²) >= 11 is 0. The second-order valence-corrected chi connectivity index (χ2v) is 23.7. The van der Waals surface area contributed by atoms with Crippen LogP contribution in [0.25, 0.3) is 55.3 Å². The molecule has 3 aliphatic rings. The van der Waals surface area contributed by atoms with Gasteiger partial charge in [-0.05, 0) is 143 Å². The summed E-state index contributed by atoms with van der Waals surface area (Å²) in [5.74, 6) is 0. The number of benzene rings is 9. The van der Waals surface area contributed by atoms with Crippen molar-refractivity contribution in [3.05, 3.63) is 244 Å². The minimum absolute atomic E-state index is 0.0345. The fourth-order valence-corrected chi connectivity index (χ4v) is 13.2. The van der Waals surface area contributed by atoms with Crippen molar-refractivity contribution < 1.29 is 4.42 Å². The van der Waals surface area contributed by atoms with Gasteiger partial charge in [0.2, 0.25) is 0 Å². The lowest BCUT2D eigenvalue weighted by atomic mass is 9.68. The fraction of sp³-hybridized carbons (Fsp3) is 0.217. The summed E-state index contributed by atoms with van der Waals surface area (Å²) in [5, 5.41) is 2.42. The summed E-state index contributed by atoms with van der Waals surface area (Å²) in [7, 11) is 0. The smallest absolute Gasteiger partial charge is 0.139 e. The van der Waals surface area contributed by atoms with E-state index >= 15 is 0 Å². The van der Waals surface area contributed by atoms with E-state index in [1.807, 2.05) is 0 Å². The number of hydrogen-bond acceptors (Lipinski definition) is 2. The van der Waals surface area contributed by atoms with Gasteiger partial charge in [0.1, 0.15) is 11.2 Å². The quantitative estimate of drug-likeness (QED) is 0.171. The van der Waals surface area contributed by atoms with E-state index in [2.05, 4.69) is 262 Å². The second kappa shape index (κ2) is 14.8. The molecule has 1 aromatic heterocycles. The molecule has 0 bridgehead atoms. The van der Waals surface area contributed by atoms with Gasteiger partial charge in [-0.1, -0.05) is 209 Å². The molecule has 13 rings (SSSR count). The fourth-order valence-electron chi connectivity index (χ4n) is 13.2. The Balaban J connectivity index is 1.04. The summed E-state index contributed by atoms with van der Waals surface area (Å²) in [6, 6.07) is 71.4. The van der Waals surface area contributed by atoms with Gasteiger partial charge in [-0.3, -0.25) is 0 Å². The molecule has 71 heavy (non-hydrogen) atoms. The molecule has 0 atom stereocenters. The Morgan fingerprint density at radius 2 is 0.901 bits per heavy atom. The van der Waals surface area contributed by atoms with Gasteiger partial charge < -0.3 is 9.32 Å². The Labute approximate surface area is 419 Å². The Morgan fingerprint density at radius 3 is 1.55 bits per heavy atom. The van der Waals surface area contributed by atoms with Crippen molar-refractivity contribution in [3.63, 3.8) is 0 Å². The normalized spacial score (nSPS) is 15.5. The van der Waals surface area contributed by atoms with Gasteiger partial charge >= 0.3 is 0 Å². The minimum Gasteiger partial charge on any atom is -0.456 e. The van der Waals surface area contributed by atoms with Crippen LogP contribution in [0.2, 0.25) is 0 Å².